The Morgan fingerprint density at radius 2 is 1.57 bits per heavy atom. The van der Waals surface area contributed by atoms with Crippen LogP contribution in [0.3, 0.4) is 0 Å². The molecule has 3 nitrogen and oxygen atoms in total. The molecule has 0 aliphatic carbocycles. The van der Waals surface area contributed by atoms with Crippen LogP contribution in [0, 0.1) is 0 Å². The summed E-state index contributed by atoms with van der Waals surface area (Å²) in [6.45, 7) is 11.7. The maximum atomic E-state index is 3.88. The van der Waals surface area contributed by atoms with Gasteiger partial charge >= 0.3 is 0 Å². The van der Waals surface area contributed by atoms with E-state index in [4.69, 9.17) is 0 Å². The van der Waals surface area contributed by atoms with E-state index < -0.39 is 0 Å². The molecule has 3 heteroatoms. The minimum atomic E-state index is 1.11. The fourth-order valence-electron chi connectivity index (χ4n) is 2.29. The van der Waals surface area contributed by atoms with Crippen LogP contribution >= 0.6 is 0 Å². The second kappa shape index (κ2) is 7.21. The average Bonchev–Trinajstić information content (AvgIpc) is 2.25. The van der Waals surface area contributed by atoms with Crippen molar-refractivity contribution in [3.8, 4) is 0 Å². The summed E-state index contributed by atoms with van der Waals surface area (Å²) in [6.07, 6.45) is 4.11. The molecule has 0 radical (unpaired) electrons. The van der Waals surface area contributed by atoms with Crippen molar-refractivity contribution < 1.29 is 15.5 Å². The summed E-state index contributed by atoms with van der Waals surface area (Å²) in [5.41, 5.74) is 3.88. The van der Waals surface area contributed by atoms with Gasteiger partial charge in [-0.3, -0.25) is 0 Å². The number of nitrogens with one attached hydrogen (secondary N) is 2. The SMILES string of the molecule is CC[NH+]1CC[NH+](CCCCC[NH3+])CC1. The fraction of sp³-hybridized carbons (Fsp3) is 1.00. The summed E-state index contributed by atoms with van der Waals surface area (Å²) in [4.78, 5) is 3.64. The molecule has 84 valence electrons. The van der Waals surface area contributed by atoms with Crippen molar-refractivity contribution in [2.75, 3.05) is 45.8 Å². The van der Waals surface area contributed by atoms with E-state index in [1.54, 1.807) is 4.90 Å². The molecule has 0 atom stereocenters. The van der Waals surface area contributed by atoms with Crippen LogP contribution in [0.25, 0.3) is 0 Å². The maximum absolute atomic E-state index is 3.88. The quantitative estimate of drug-likeness (QED) is 0.389. The molecule has 0 aromatic rings. The largest absolute Gasteiger partial charge is 0.358 e. The van der Waals surface area contributed by atoms with Crippen molar-refractivity contribution in [2.45, 2.75) is 26.2 Å². The standard InChI is InChI=1S/C11H25N3/c1-2-13-8-10-14(11-9-13)7-5-3-4-6-12/h2-12H2,1H3/p+3. The van der Waals surface area contributed by atoms with Gasteiger partial charge in [-0.15, -0.1) is 0 Å². The van der Waals surface area contributed by atoms with Gasteiger partial charge in [0.1, 0.15) is 26.2 Å². The highest BCUT2D eigenvalue weighted by atomic mass is 15.3. The summed E-state index contributed by atoms with van der Waals surface area (Å²) in [6, 6.07) is 0. The van der Waals surface area contributed by atoms with Crippen LogP contribution < -0.4 is 15.5 Å². The van der Waals surface area contributed by atoms with Gasteiger partial charge in [0, 0.05) is 0 Å². The van der Waals surface area contributed by atoms with E-state index in [0.29, 0.717) is 0 Å². The number of quaternary nitrogens is 3. The van der Waals surface area contributed by atoms with Gasteiger partial charge < -0.3 is 15.5 Å². The minimum absolute atomic E-state index is 1.11. The first-order valence-electron chi connectivity index (χ1n) is 6.33. The topological polar surface area (TPSA) is 36.5 Å². The molecule has 1 fully saturated rings. The number of likely N-dealkylation sites (N-methyl/N-ethyl adjacent to an activating group) is 1. The Labute approximate surface area is 88.2 Å². The van der Waals surface area contributed by atoms with Gasteiger partial charge in [0.25, 0.3) is 0 Å². The van der Waals surface area contributed by atoms with Crippen molar-refractivity contribution in [1.29, 1.82) is 0 Å². The Morgan fingerprint density at radius 1 is 0.929 bits per heavy atom. The van der Waals surface area contributed by atoms with Crippen LogP contribution in [0.15, 0.2) is 0 Å². The summed E-state index contributed by atoms with van der Waals surface area (Å²) in [5.74, 6) is 0. The molecule has 14 heavy (non-hydrogen) atoms. The summed E-state index contributed by atoms with van der Waals surface area (Å²) in [5, 5.41) is 0. The van der Waals surface area contributed by atoms with Crippen LogP contribution in [-0.2, 0) is 0 Å². The van der Waals surface area contributed by atoms with Gasteiger partial charge in [-0.25, -0.2) is 0 Å². The molecular weight excluding hydrogens is 174 g/mol. The molecule has 5 N–H and O–H groups in total. The van der Waals surface area contributed by atoms with Crippen molar-refractivity contribution in [2.24, 2.45) is 0 Å². The number of hydrogen-bond donors (Lipinski definition) is 3. The van der Waals surface area contributed by atoms with Crippen LogP contribution in [0.1, 0.15) is 26.2 Å². The van der Waals surface area contributed by atoms with Crippen molar-refractivity contribution in [1.82, 2.24) is 0 Å². The van der Waals surface area contributed by atoms with E-state index in [9.17, 15) is 0 Å². The Kier molecular flexibility index (Phi) is 6.15. The van der Waals surface area contributed by atoms with Gasteiger partial charge in [0.05, 0.1) is 19.6 Å². The Hall–Kier alpha value is -0.120. The van der Waals surface area contributed by atoms with Gasteiger partial charge in [-0.2, -0.15) is 0 Å². The summed E-state index contributed by atoms with van der Waals surface area (Å²) < 4.78 is 0. The first kappa shape index (κ1) is 12.0. The highest BCUT2D eigenvalue weighted by Gasteiger charge is 2.20. The predicted molar refractivity (Wildman–Crippen MR) is 58.4 cm³/mol. The molecule has 0 aromatic heterocycles. The third-order valence-corrected chi connectivity index (χ3v) is 3.44. The van der Waals surface area contributed by atoms with Crippen LogP contribution in [0.2, 0.25) is 0 Å². The highest BCUT2D eigenvalue weighted by Crippen LogP contribution is 1.88. The van der Waals surface area contributed by atoms with E-state index in [1.165, 1.54) is 58.5 Å². The first-order chi connectivity index (χ1) is 6.86. The zero-order chi connectivity index (χ0) is 10.2. The summed E-state index contributed by atoms with van der Waals surface area (Å²) >= 11 is 0. The Morgan fingerprint density at radius 3 is 2.14 bits per heavy atom. The smallest absolute Gasteiger partial charge is 0.127 e. The van der Waals surface area contributed by atoms with Crippen LogP contribution in [0.5, 0.6) is 0 Å². The summed E-state index contributed by atoms with van der Waals surface area (Å²) in [7, 11) is 0. The first-order valence-corrected chi connectivity index (χ1v) is 6.33. The molecular formula is C11H28N3+3. The second-order valence-corrected chi connectivity index (χ2v) is 4.52. The molecule has 0 amide bonds. The predicted octanol–water partition coefficient (Wildman–Crippen LogP) is -2.80. The zero-order valence-electron chi connectivity index (χ0n) is 9.78. The van der Waals surface area contributed by atoms with Crippen molar-refractivity contribution in [3.63, 3.8) is 0 Å². The molecule has 0 bridgehead atoms. The van der Waals surface area contributed by atoms with Crippen LogP contribution in [0.4, 0.5) is 0 Å². The third-order valence-electron chi connectivity index (χ3n) is 3.44. The van der Waals surface area contributed by atoms with E-state index in [2.05, 4.69) is 12.7 Å². The fourth-order valence-corrected chi connectivity index (χ4v) is 2.29. The number of rotatable bonds is 6. The molecule has 1 aliphatic rings. The molecule has 1 saturated heterocycles. The average molecular weight is 202 g/mol. The lowest BCUT2D eigenvalue weighted by atomic mass is 10.2. The molecule has 0 spiro atoms. The van der Waals surface area contributed by atoms with E-state index in [-0.39, 0.29) is 0 Å². The molecule has 0 unspecified atom stereocenters. The molecule has 0 saturated carbocycles. The lowest BCUT2D eigenvalue weighted by Gasteiger charge is -2.28. The monoisotopic (exact) mass is 202 g/mol. The lowest BCUT2D eigenvalue weighted by molar-refractivity contribution is -1.01. The number of unbranched alkanes of at least 4 members (excludes halogenated alkanes) is 2. The third kappa shape index (κ3) is 4.40. The zero-order valence-corrected chi connectivity index (χ0v) is 9.78. The lowest BCUT2D eigenvalue weighted by Crippen LogP contribution is -3.28. The van der Waals surface area contributed by atoms with Crippen LogP contribution in [-0.4, -0.2) is 45.8 Å². The van der Waals surface area contributed by atoms with E-state index >= 15 is 0 Å². The minimum Gasteiger partial charge on any atom is -0.358 e. The van der Waals surface area contributed by atoms with Crippen molar-refractivity contribution in [3.05, 3.63) is 0 Å². The molecule has 0 aromatic carbocycles. The van der Waals surface area contributed by atoms with Gasteiger partial charge in [-0.05, 0) is 26.2 Å². The molecule has 1 aliphatic heterocycles. The maximum Gasteiger partial charge on any atom is 0.127 e. The molecule has 1 rings (SSSR count). The van der Waals surface area contributed by atoms with E-state index in [0.717, 1.165) is 6.54 Å². The van der Waals surface area contributed by atoms with Gasteiger partial charge in [0.2, 0.25) is 0 Å². The number of hydrogen-bond acceptors (Lipinski definition) is 0. The van der Waals surface area contributed by atoms with Gasteiger partial charge in [0.15, 0.2) is 0 Å². The van der Waals surface area contributed by atoms with Crippen molar-refractivity contribution >= 4 is 0 Å². The Bertz CT molecular complexity index is 130. The van der Waals surface area contributed by atoms with E-state index in [1.807, 2.05) is 4.90 Å². The normalized spacial score (nSPS) is 27.9. The highest BCUT2D eigenvalue weighted by molar-refractivity contribution is 4.41. The second-order valence-electron chi connectivity index (χ2n) is 4.52. The van der Waals surface area contributed by atoms with Gasteiger partial charge in [-0.1, -0.05) is 0 Å². The Balaban J connectivity index is 1.98. The molecule has 1 heterocycles. The number of piperazine rings is 1.